The summed E-state index contributed by atoms with van der Waals surface area (Å²) >= 11 is 0. The van der Waals surface area contributed by atoms with Crippen LogP contribution in [0.2, 0.25) is 0 Å². The van der Waals surface area contributed by atoms with E-state index in [9.17, 15) is 38.4 Å². The minimum atomic E-state index is -0.736. The fourth-order valence-corrected chi connectivity index (χ4v) is 5.87. The van der Waals surface area contributed by atoms with Gasteiger partial charge in [-0.25, -0.2) is 4.79 Å². The Balaban J connectivity index is 5.10. The van der Waals surface area contributed by atoms with E-state index in [-0.39, 0.29) is 120 Å². The highest BCUT2D eigenvalue weighted by molar-refractivity contribution is 5.83. The molecule has 0 aromatic carbocycles. The third-order valence-corrected chi connectivity index (χ3v) is 9.68. The first-order valence-electron chi connectivity index (χ1n) is 22.6. The number of hydrogen-bond acceptors (Lipinski definition) is 15. The normalized spacial score (nSPS) is 12.3. The zero-order valence-electron chi connectivity index (χ0n) is 38.5. The number of nitrogens with one attached hydrogen (secondary N) is 4. The van der Waals surface area contributed by atoms with Gasteiger partial charge < -0.3 is 65.9 Å². The lowest BCUT2D eigenvalue weighted by Gasteiger charge is -2.19. The van der Waals surface area contributed by atoms with Crippen molar-refractivity contribution in [3.05, 3.63) is 0 Å². The van der Waals surface area contributed by atoms with Gasteiger partial charge in [-0.05, 0) is 57.8 Å². The molecule has 0 spiro atoms. The molecule has 21 heteroatoms. The first kappa shape index (κ1) is 59.4. The van der Waals surface area contributed by atoms with Crippen LogP contribution in [0.1, 0.15) is 116 Å². The number of rotatable bonds is 43. The van der Waals surface area contributed by atoms with Gasteiger partial charge in [-0.15, -0.1) is 0 Å². The summed E-state index contributed by atoms with van der Waals surface area (Å²) in [5.74, 6) is -3.72. The Bertz CT molecular complexity index is 1320. The first-order chi connectivity index (χ1) is 30.8. The number of nitrogens with two attached hydrogens (primary N) is 2. The third kappa shape index (κ3) is 37.9. The van der Waals surface area contributed by atoms with E-state index >= 15 is 0 Å². The van der Waals surface area contributed by atoms with Crippen LogP contribution >= 0.6 is 0 Å². The van der Waals surface area contributed by atoms with Crippen LogP contribution in [0.25, 0.3) is 0 Å². The van der Waals surface area contributed by atoms with Crippen molar-refractivity contribution in [2.45, 2.75) is 122 Å². The summed E-state index contributed by atoms with van der Waals surface area (Å²) in [6.45, 7) is 5.06. The molecule has 0 fully saturated rings. The van der Waals surface area contributed by atoms with Crippen molar-refractivity contribution < 1.29 is 71.5 Å². The summed E-state index contributed by atoms with van der Waals surface area (Å²) in [5, 5.41) is 11.1. The average molecular weight is 919 g/mol. The molecule has 0 heterocycles. The summed E-state index contributed by atoms with van der Waals surface area (Å²) in [5.41, 5.74) is 10.5. The molecule has 0 radical (unpaired) electrons. The van der Waals surface area contributed by atoms with Crippen molar-refractivity contribution >= 4 is 47.6 Å². The molecule has 6 amide bonds. The van der Waals surface area contributed by atoms with Gasteiger partial charge >= 0.3 is 18.0 Å². The molecule has 0 aromatic heterocycles. The lowest BCUT2D eigenvalue weighted by atomic mass is 9.97. The Labute approximate surface area is 378 Å². The molecule has 0 bridgehead atoms. The zero-order valence-corrected chi connectivity index (χ0v) is 38.5. The number of ether oxygens (including phenoxy) is 7. The zero-order chi connectivity index (χ0) is 47.6. The van der Waals surface area contributed by atoms with Gasteiger partial charge in [-0.3, -0.25) is 33.6 Å². The van der Waals surface area contributed by atoms with Crippen molar-refractivity contribution in [2.75, 3.05) is 93.3 Å². The van der Waals surface area contributed by atoms with Gasteiger partial charge in [0.05, 0.1) is 46.1 Å². The van der Waals surface area contributed by atoms with E-state index in [1.54, 1.807) is 21.1 Å². The van der Waals surface area contributed by atoms with Gasteiger partial charge in [0.25, 0.3) is 0 Å². The molecule has 64 heavy (non-hydrogen) atoms. The Hall–Kier alpha value is -4.60. The molecule has 0 aliphatic heterocycles. The Morgan fingerprint density at radius 2 is 1.03 bits per heavy atom. The lowest BCUT2D eigenvalue weighted by Crippen LogP contribution is -2.34. The predicted octanol–water partition coefficient (Wildman–Crippen LogP) is 1.70. The maximum Gasteiger partial charge on any atom is 0.407 e. The van der Waals surface area contributed by atoms with Gasteiger partial charge in [0.2, 0.25) is 29.5 Å². The number of methoxy groups -OCH3 is 2. The standard InChI is InChI=1S/C43H78N6O15/c1-33(41(45)55)12-6-9-21-47-38(52)19-17-35(16-18-37(51)46-20-8-4-5-14-36(44)50)64-39(53)15-11-23-48-42(56)34(32-40(54)62-30-28-60-26-24-58-2)13-7-10-22-49-43(57)63-31-29-61-27-25-59-3/h33-35H,4-32H2,1-3H3,(H2,44,50)(H2,45,55)(H,46,51)(H,47,52)(H,48,56)(H,49,57). The van der Waals surface area contributed by atoms with Crippen molar-refractivity contribution in [3.8, 4) is 0 Å². The largest absolute Gasteiger partial charge is 0.463 e. The van der Waals surface area contributed by atoms with Crippen LogP contribution in [0.15, 0.2) is 0 Å². The maximum atomic E-state index is 13.3. The van der Waals surface area contributed by atoms with Crippen LogP contribution in [-0.4, -0.2) is 147 Å². The van der Waals surface area contributed by atoms with Crippen molar-refractivity contribution in [2.24, 2.45) is 23.3 Å². The average Bonchev–Trinajstić information content (AvgIpc) is 3.25. The highest BCUT2D eigenvalue weighted by Crippen LogP contribution is 2.16. The number of unbranched alkanes of at least 4 members (excludes halogenated alkanes) is 4. The number of primary amides is 2. The molecule has 8 N–H and O–H groups in total. The molecule has 0 saturated carbocycles. The van der Waals surface area contributed by atoms with Gasteiger partial charge in [0, 0.05) is 77.9 Å². The number of hydrogen-bond donors (Lipinski definition) is 6. The number of alkyl carbamates (subject to hydrolysis) is 1. The second-order valence-corrected chi connectivity index (χ2v) is 15.3. The highest BCUT2D eigenvalue weighted by Gasteiger charge is 2.23. The summed E-state index contributed by atoms with van der Waals surface area (Å²) in [6.07, 6.45) is 4.83. The van der Waals surface area contributed by atoms with Crippen molar-refractivity contribution in [1.29, 1.82) is 0 Å². The van der Waals surface area contributed by atoms with Gasteiger partial charge in [-0.2, -0.15) is 0 Å². The minimum Gasteiger partial charge on any atom is -0.463 e. The number of carbonyl (C=O) groups excluding carboxylic acids is 8. The molecule has 3 unspecified atom stereocenters. The molecule has 0 aliphatic rings. The minimum absolute atomic E-state index is 0.0115. The SMILES string of the molecule is COCCOCCOC(=O)CC(CCCCNC(=O)OCCOCCOC)C(=O)NCCCC(=O)OC(CCC(=O)NCCCCCC(N)=O)CCC(=O)NCCCCC(C)C(N)=O. The number of carbonyl (C=O) groups is 8. The molecule has 0 rings (SSSR count). The van der Waals surface area contributed by atoms with E-state index in [4.69, 9.17) is 44.6 Å². The van der Waals surface area contributed by atoms with Crippen LogP contribution in [0.4, 0.5) is 4.79 Å². The van der Waals surface area contributed by atoms with Crippen molar-refractivity contribution in [1.82, 2.24) is 21.3 Å². The Morgan fingerprint density at radius 3 is 1.61 bits per heavy atom. The van der Waals surface area contributed by atoms with E-state index in [1.807, 2.05) is 0 Å². The highest BCUT2D eigenvalue weighted by atomic mass is 16.6. The van der Waals surface area contributed by atoms with Crippen molar-refractivity contribution in [3.63, 3.8) is 0 Å². The Morgan fingerprint density at radius 1 is 0.500 bits per heavy atom. The first-order valence-corrected chi connectivity index (χ1v) is 22.6. The van der Waals surface area contributed by atoms with E-state index in [0.29, 0.717) is 84.5 Å². The van der Waals surface area contributed by atoms with Crippen LogP contribution in [0.3, 0.4) is 0 Å². The molecule has 0 saturated heterocycles. The molecule has 21 nitrogen and oxygen atoms in total. The Kier molecular flexibility index (Phi) is 38.2. The number of amides is 6. The molecule has 370 valence electrons. The molecular formula is C43H78N6O15. The van der Waals surface area contributed by atoms with Crippen LogP contribution in [-0.2, 0) is 66.7 Å². The quantitative estimate of drug-likeness (QED) is 0.0288. The van der Waals surface area contributed by atoms with Crippen LogP contribution in [0, 0.1) is 11.8 Å². The van der Waals surface area contributed by atoms with E-state index < -0.39 is 36.0 Å². The number of esters is 2. The fourth-order valence-electron chi connectivity index (χ4n) is 5.87. The summed E-state index contributed by atoms with van der Waals surface area (Å²) < 4.78 is 36.4. The monoisotopic (exact) mass is 919 g/mol. The molecule has 0 aromatic rings. The van der Waals surface area contributed by atoms with Gasteiger partial charge in [0.1, 0.15) is 19.3 Å². The topological polar surface area (TPSA) is 301 Å². The van der Waals surface area contributed by atoms with E-state index in [2.05, 4.69) is 21.3 Å². The molecule has 3 atom stereocenters. The third-order valence-electron chi connectivity index (χ3n) is 9.68. The second-order valence-electron chi connectivity index (χ2n) is 15.3. The van der Waals surface area contributed by atoms with Crippen LogP contribution in [0.5, 0.6) is 0 Å². The van der Waals surface area contributed by atoms with E-state index in [0.717, 1.165) is 12.8 Å². The summed E-state index contributed by atoms with van der Waals surface area (Å²) in [7, 11) is 3.10. The van der Waals surface area contributed by atoms with E-state index in [1.165, 1.54) is 0 Å². The fraction of sp³-hybridized carbons (Fsp3) is 0.814. The summed E-state index contributed by atoms with van der Waals surface area (Å²) in [6, 6.07) is 0. The lowest BCUT2D eigenvalue weighted by molar-refractivity contribution is -0.151. The second kappa shape index (κ2) is 41.1. The molecule has 0 aliphatic carbocycles. The van der Waals surface area contributed by atoms with Gasteiger partial charge in [0.15, 0.2) is 0 Å². The smallest absolute Gasteiger partial charge is 0.407 e. The van der Waals surface area contributed by atoms with Crippen LogP contribution < -0.4 is 32.7 Å². The maximum absolute atomic E-state index is 13.3. The predicted molar refractivity (Wildman–Crippen MR) is 234 cm³/mol. The molecular weight excluding hydrogens is 840 g/mol. The van der Waals surface area contributed by atoms with Gasteiger partial charge in [-0.1, -0.05) is 26.2 Å². The summed E-state index contributed by atoms with van der Waals surface area (Å²) in [4.78, 5) is 98.1.